The van der Waals surface area contributed by atoms with Gasteiger partial charge in [0.1, 0.15) is 0 Å². The van der Waals surface area contributed by atoms with Gasteiger partial charge in [-0.05, 0) is 25.1 Å². The second-order valence-electron chi connectivity index (χ2n) is 5.71. The maximum absolute atomic E-state index is 11.6. The fraction of sp³-hybridized carbons (Fsp3) is 0.438. The Morgan fingerprint density at radius 1 is 1.35 bits per heavy atom. The Bertz CT molecular complexity index is 717. The SMILES string of the molecule is COC(=O)C1CCN(Cn2[nH]c(-c3ccccc3)nc2=S)CC1. The molecule has 0 aliphatic carbocycles. The predicted octanol–water partition coefficient (Wildman–Crippen LogP) is 2.45. The smallest absolute Gasteiger partial charge is 0.308 e. The molecular weight excluding hydrogens is 312 g/mol. The number of likely N-dealkylation sites (tertiary alicyclic amines) is 1. The lowest BCUT2D eigenvalue weighted by Gasteiger charge is -2.30. The number of esters is 1. The number of carbonyl (C=O) groups excluding carboxylic acids is 1. The topological polar surface area (TPSA) is 63.1 Å². The highest BCUT2D eigenvalue weighted by Crippen LogP contribution is 2.19. The van der Waals surface area contributed by atoms with E-state index >= 15 is 0 Å². The molecule has 0 radical (unpaired) electrons. The molecule has 0 amide bonds. The fourth-order valence-electron chi connectivity index (χ4n) is 2.85. The highest BCUT2D eigenvalue weighted by molar-refractivity contribution is 7.71. The minimum atomic E-state index is -0.103. The number of aromatic nitrogens is 3. The van der Waals surface area contributed by atoms with Crippen LogP contribution in [0, 0.1) is 10.7 Å². The van der Waals surface area contributed by atoms with Crippen molar-refractivity contribution in [2.75, 3.05) is 20.2 Å². The Morgan fingerprint density at radius 3 is 2.70 bits per heavy atom. The van der Waals surface area contributed by atoms with Crippen molar-refractivity contribution in [1.82, 2.24) is 19.7 Å². The van der Waals surface area contributed by atoms with Crippen molar-refractivity contribution < 1.29 is 9.53 Å². The number of ether oxygens (including phenoxy) is 1. The van der Waals surface area contributed by atoms with Gasteiger partial charge in [0, 0.05) is 18.7 Å². The normalized spacial score (nSPS) is 16.4. The Morgan fingerprint density at radius 2 is 2.04 bits per heavy atom. The standard InChI is InChI=1S/C16H20N4O2S/c1-22-15(21)13-7-9-19(10-8-13)11-20-16(23)17-14(18-20)12-5-3-2-4-6-12/h2-6,13H,7-11H2,1H3,(H,17,18,23). The van der Waals surface area contributed by atoms with Crippen LogP contribution in [0.4, 0.5) is 0 Å². The van der Waals surface area contributed by atoms with Crippen molar-refractivity contribution in [1.29, 1.82) is 0 Å². The minimum absolute atomic E-state index is 0.0193. The second kappa shape index (κ2) is 7.06. The molecule has 0 spiro atoms. The minimum Gasteiger partial charge on any atom is -0.469 e. The molecule has 0 saturated carbocycles. The van der Waals surface area contributed by atoms with E-state index in [1.54, 1.807) is 0 Å². The number of aromatic amines is 1. The lowest BCUT2D eigenvalue weighted by Crippen LogP contribution is -2.38. The fourth-order valence-corrected chi connectivity index (χ4v) is 3.05. The third-order valence-electron chi connectivity index (χ3n) is 4.19. The number of nitrogens with one attached hydrogen (secondary N) is 1. The first-order valence-electron chi connectivity index (χ1n) is 7.70. The molecule has 1 saturated heterocycles. The first kappa shape index (κ1) is 15.9. The number of rotatable bonds is 4. The number of benzene rings is 1. The molecule has 122 valence electrons. The zero-order valence-corrected chi connectivity index (χ0v) is 13.9. The number of methoxy groups -OCH3 is 1. The van der Waals surface area contributed by atoms with E-state index in [1.807, 2.05) is 35.0 Å². The van der Waals surface area contributed by atoms with Gasteiger partial charge >= 0.3 is 5.97 Å². The van der Waals surface area contributed by atoms with E-state index < -0.39 is 0 Å². The first-order valence-corrected chi connectivity index (χ1v) is 8.10. The van der Waals surface area contributed by atoms with Crippen molar-refractivity contribution in [3.8, 4) is 11.4 Å². The van der Waals surface area contributed by atoms with Crippen LogP contribution in [-0.2, 0) is 16.2 Å². The first-order chi connectivity index (χ1) is 11.2. The molecule has 1 fully saturated rings. The van der Waals surface area contributed by atoms with E-state index in [-0.39, 0.29) is 11.9 Å². The summed E-state index contributed by atoms with van der Waals surface area (Å²) in [6, 6.07) is 9.92. The van der Waals surface area contributed by atoms with E-state index in [9.17, 15) is 4.79 Å². The summed E-state index contributed by atoms with van der Waals surface area (Å²) in [6.45, 7) is 2.36. The zero-order valence-electron chi connectivity index (χ0n) is 13.1. The highest BCUT2D eigenvalue weighted by Gasteiger charge is 2.25. The maximum atomic E-state index is 11.6. The summed E-state index contributed by atoms with van der Waals surface area (Å²) in [5, 5.41) is 3.26. The Balaban J connectivity index is 1.65. The predicted molar refractivity (Wildman–Crippen MR) is 89.2 cm³/mol. The van der Waals surface area contributed by atoms with Crippen molar-refractivity contribution in [3.05, 3.63) is 35.1 Å². The van der Waals surface area contributed by atoms with Gasteiger partial charge in [-0.15, -0.1) is 0 Å². The Kier molecular flexibility index (Phi) is 4.88. The number of hydrogen-bond acceptors (Lipinski definition) is 5. The van der Waals surface area contributed by atoms with Crippen LogP contribution in [0.2, 0.25) is 0 Å². The van der Waals surface area contributed by atoms with Crippen LogP contribution in [0.1, 0.15) is 12.8 Å². The summed E-state index contributed by atoms with van der Waals surface area (Å²) < 4.78 is 7.23. The molecular formula is C16H20N4O2S. The molecule has 2 heterocycles. The highest BCUT2D eigenvalue weighted by atomic mass is 32.1. The molecule has 7 heteroatoms. The number of nitrogens with zero attached hydrogens (tertiary/aromatic N) is 3. The lowest BCUT2D eigenvalue weighted by atomic mass is 9.97. The van der Waals surface area contributed by atoms with Crippen LogP contribution < -0.4 is 0 Å². The van der Waals surface area contributed by atoms with Crippen LogP contribution in [0.3, 0.4) is 0 Å². The quantitative estimate of drug-likeness (QED) is 0.688. The van der Waals surface area contributed by atoms with E-state index in [1.165, 1.54) is 7.11 Å². The van der Waals surface area contributed by atoms with E-state index in [0.717, 1.165) is 37.3 Å². The molecule has 1 aliphatic heterocycles. The number of hydrogen-bond donors (Lipinski definition) is 1. The molecule has 0 atom stereocenters. The number of piperidine rings is 1. The van der Waals surface area contributed by atoms with Gasteiger partial charge in [0.05, 0.1) is 19.7 Å². The molecule has 1 aromatic carbocycles. The van der Waals surface area contributed by atoms with E-state index in [4.69, 9.17) is 17.0 Å². The summed E-state index contributed by atoms with van der Waals surface area (Å²) in [6.07, 6.45) is 1.64. The third kappa shape index (κ3) is 3.68. The van der Waals surface area contributed by atoms with Crippen molar-refractivity contribution in [3.63, 3.8) is 0 Å². The zero-order chi connectivity index (χ0) is 16.2. The van der Waals surface area contributed by atoms with Crippen LogP contribution in [0.15, 0.2) is 30.3 Å². The maximum Gasteiger partial charge on any atom is 0.308 e. The van der Waals surface area contributed by atoms with E-state index in [0.29, 0.717) is 11.4 Å². The molecule has 0 unspecified atom stereocenters. The molecule has 1 aliphatic rings. The molecule has 2 aromatic rings. The summed E-state index contributed by atoms with van der Waals surface area (Å²) in [4.78, 5) is 18.3. The molecule has 6 nitrogen and oxygen atoms in total. The van der Waals surface area contributed by atoms with Crippen LogP contribution >= 0.6 is 12.2 Å². The average molecular weight is 332 g/mol. The summed E-state index contributed by atoms with van der Waals surface area (Å²) in [5.74, 6) is 0.695. The Hall–Kier alpha value is -1.99. The summed E-state index contributed by atoms with van der Waals surface area (Å²) in [7, 11) is 1.45. The number of H-pyrrole nitrogens is 1. The average Bonchev–Trinajstić information content (AvgIpc) is 2.96. The van der Waals surface area contributed by atoms with Gasteiger partial charge in [-0.2, -0.15) is 4.98 Å². The second-order valence-corrected chi connectivity index (χ2v) is 6.07. The monoisotopic (exact) mass is 332 g/mol. The summed E-state index contributed by atoms with van der Waals surface area (Å²) >= 11 is 5.34. The van der Waals surface area contributed by atoms with Gasteiger partial charge in [0.15, 0.2) is 5.82 Å². The van der Waals surface area contributed by atoms with Gasteiger partial charge in [-0.1, -0.05) is 30.3 Å². The van der Waals surface area contributed by atoms with E-state index in [2.05, 4.69) is 15.0 Å². The lowest BCUT2D eigenvalue weighted by molar-refractivity contribution is -0.147. The van der Waals surface area contributed by atoms with Crippen molar-refractivity contribution in [2.24, 2.45) is 5.92 Å². The van der Waals surface area contributed by atoms with Crippen LogP contribution in [0.5, 0.6) is 0 Å². The van der Waals surface area contributed by atoms with Crippen molar-refractivity contribution in [2.45, 2.75) is 19.5 Å². The van der Waals surface area contributed by atoms with Crippen LogP contribution in [-0.4, -0.2) is 45.8 Å². The molecule has 23 heavy (non-hydrogen) atoms. The van der Waals surface area contributed by atoms with Gasteiger partial charge in [0.25, 0.3) is 0 Å². The summed E-state index contributed by atoms with van der Waals surface area (Å²) in [5.41, 5.74) is 1.02. The van der Waals surface area contributed by atoms with Crippen molar-refractivity contribution >= 4 is 18.2 Å². The van der Waals surface area contributed by atoms with Gasteiger partial charge in [-0.3, -0.25) is 14.8 Å². The molecule has 3 rings (SSSR count). The number of carbonyl (C=O) groups is 1. The van der Waals surface area contributed by atoms with Gasteiger partial charge in [-0.25, -0.2) is 4.68 Å². The third-order valence-corrected chi connectivity index (χ3v) is 4.50. The molecule has 1 aromatic heterocycles. The molecule has 1 N–H and O–H groups in total. The molecule has 0 bridgehead atoms. The van der Waals surface area contributed by atoms with Gasteiger partial charge in [0.2, 0.25) is 4.77 Å². The van der Waals surface area contributed by atoms with Gasteiger partial charge < -0.3 is 4.74 Å². The van der Waals surface area contributed by atoms with Crippen LogP contribution in [0.25, 0.3) is 11.4 Å². The largest absolute Gasteiger partial charge is 0.469 e. The Labute approximate surface area is 140 Å².